The monoisotopic (exact) mass is 528 g/mol. The molecule has 3 aromatic rings. The van der Waals surface area contributed by atoms with Gasteiger partial charge < -0.3 is 14.2 Å². The van der Waals surface area contributed by atoms with Crippen LogP contribution in [0.2, 0.25) is 0 Å². The number of allylic oxidation sites excluding steroid dienone is 2. The van der Waals surface area contributed by atoms with Gasteiger partial charge in [0.2, 0.25) is 0 Å². The topological polar surface area (TPSA) is 44.8 Å². The summed E-state index contributed by atoms with van der Waals surface area (Å²) in [4.78, 5) is 12.1. The van der Waals surface area contributed by atoms with Crippen molar-refractivity contribution in [1.82, 2.24) is 0 Å². The zero-order valence-electron chi connectivity index (χ0n) is 23.3. The first-order valence-corrected chi connectivity index (χ1v) is 13.9. The smallest absolute Gasteiger partial charge is 0.306 e. The number of aryl methyl sites for hydroxylation is 1. The van der Waals surface area contributed by atoms with E-state index in [4.69, 9.17) is 14.2 Å². The highest BCUT2D eigenvalue weighted by atomic mass is 19.1. The van der Waals surface area contributed by atoms with Crippen molar-refractivity contribution in [3.63, 3.8) is 0 Å². The number of carbonyl (C=O) groups excluding carboxylic acids is 1. The molecule has 2 aliphatic carbocycles. The van der Waals surface area contributed by atoms with Crippen LogP contribution >= 0.6 is 0 Å². The van der Waals surface area contributed by atoms with Crippen LogP contribution in [0, 0.1) is 11.2 Å². The van der Waals surface area contributed by atoms with Crippen LogP contribution in [0.4, 0.5) is 4.39 Å². The summed E-state index contributed by atoms with van der Waals surface area (Å²) >= 11 is 0. The van der Waals surface area contributed by atoms with Gasteiger partial charge in [-0.05, 0) is 114 Å². The highest BCUT2D eigenvalue weighted by Gasteiger charge is 2.30. The molecule has 204 valence electrons. The van der Waals surface area contributed by atoms with Gasteiger partial charge in [-0.1, -0.05) is 38.1 Å². The molecule has 0 radical (unpaired) electrons. The Hall–Kier alpha value is -3.60. The molecule has 0 saturated heterocycles. The summed E-state index contributed by atoms with van der Waals surface area (Å²) in [5.41, 5.74) is 7.14. The van der Waals surface area contributed by atoms with Crippen LogP contribution < -0.4 is 9.47 Å². The Bertz CT molecular complexity index is 1400. The minimum atomic E-state index is -0.270. The molecule has 0 spiro atoms. The number of esters is 1. The molecule has 0 bridgehead atoms. The van der Waals surface area contributed by atoms with E-state index in [0.717, 1.165) is 48.1 Å². The fourth-order valence-corrected chi connectivity index (χ4v) is 6.00. The van der Waals surface area contributed by atoms with Crippen molar-refractivity contribution in [2.24, 2.45) is 5.41 Å². The third kappa shape index (κ3) is 5.73. The molecule has 0 aromatic heterocycles. The fraction of sp³-hybridized carbons (Fsp3) is 0.382. The van der Waals surface area contributed by atoms with Gasteiger partial charge in [-0.25, -0.2) is 4.39 Å². The fourth-order valence-electron chi connectivity index (χ4n) is 6.00. The molecule has 0 aliphatic heterocycles. The van der Waals surface area contributed by atoms with Crippen LogP contribution in [0.1, 0.15) is 74.6 Å². The molecule has 2 aliphatic rings. The molecule has 0 heterocycles. The average Bonchev–Trinajstić information content (AvgIpc) is 3.49. The second-order valence-electron chi connectivity index (χ2n) is 11.2. The van der Waals surface area contributed by atoms with Gasteiger partial charge in [0, 0.05) is 5.56 Å². The number of benzene rings is 3. The second kappa shape index (κ2) is 11.3. The molecule has 0 fully saturated rings. The normalized spacial score (nSPS) is 17.5. The molecule has 4 nitrogen and oxygen atoms in total. The van der Waals surface area contributed by atoms with Gasteiger partial charge in [-0.3, -0.25) is 4.79 Å². The van der Waals surface area contributed by atoms with Crippen LogP contribution in [0.5, 0.6) is 11.5 Å². The summed E-state index contributed by atoms with van der Waals surface area (Å²) in [5.74, 6) is 1.17. The summed E-state index contributed by atoms with van der Waals surface area (Å²) in [6, 6.07) is 17.2. The third-order valence-electron chi connectivity index (χ3n) is 8.13. The molecule has 0 saturated carbocycles. The summed E-state index contributed by atoms with van der Waals surface area (Å²) in [6.45, 7) is 7.13. The average molecular weight is 529 g/mol. The maximum atomic E-state index is 15.1. The number of fused-ring (bicyclic) bond motifs is 1. The van der Waals surface area contributed by atoms with E-state index in [0.29, 0.717) is 30.9 Å². The quantitative estimate of drug-likeness (QED) is 0.262. The zero-order chi connectivity index (χ0) is 27.6. The van der Waals surface area contributed by atoms with Crippen molar-refractivity contribution in [3.8, 4) is 22.6 Å². The number of hydrogen-bond donors (Lipinski definition) is 0. The van der Waals surface area contributed by atoms with Crippen LogP contribution in [0.25, 0.3) is 16.7 Å². The number of halogens is 1. The van der Waals surface area contributed by atoms with Gasteiger partial charge in [-0.2, -0.15) is 0 Å². The van der Waals surface area contributed by atoms with Crippen LogP contribution in [-0.4, -0.2) is 19.7 Å². The van der Waals surface area contributed by atoms with Crippen molar-refractivity contribution >= 4 is 11.5 Å². The van der Waals surface area contributed by atoms with Crippen LogP contribution in [0.15, 0.2) is 60.7 Å². The minimum absolute atomic E-state index is 0.00249. The maximum absolute atomic E-state index is 15.1. The Labute approximate surface area is 230 Å². The van der Waals surface area contributed by atoms with Crippen molar-refractivity contribution in [2.45, 2.75) is 65.4 Å². The number of hydrogen-bond acceptors (Lipinski definition) is 4. The van der Waals surface area contributed by atoms with Gasteiger partial charge in [0.1, 0.15) is 23.9 Å². The largest absolute Gasteiger partial charge is 0.497 e. The summed E-state index contributed by atoms with van der Waals surface area (Å²) in [7, 11) is 1.60. The second-order valence-corrected chi connectivity index (χ2v) is 11.2. The molecule has 1 atom stereocenters. The van der Waals surface area contributed by atoms with E-state index in [1.54, 1.807) is 19.2 Å². The lowest BCUT2D eigenvalue weighted by Gasteiger charge is -2.25. The molecule has 5 rings (SSSR count). The van der Waals surface area contributed by atoms with E-state index < -0.39 is 0 Å². The lowest BCUT2D eigenvalue weighted by Crippen LogP contribution is -2.10. The van der Waals surface area contributed by atoms with E-state index >= 15 is 4.39 Å². The summed E-state index contributed by atoms with van der Waals surface area (Å²) in [5, 5.41) is 0. The summed E-state index contributed by atoms with van der Waals surface area (Å²) < 4.78 is 31.9. The predicted molar refractivity (Wildman–Crippen MR) is 152 cm³/mol. The highest BCUT2D eigenvalue weighted by molar-refractivity contribution is 5.85. The Morgan fingerprint density at radius 1 is 1.00 bits per heavy atom. The van der Waals surface area contributed by atoms with E-state index in [2.05, 4.69) is 38.1 Å². The first-order chi connectivity index (χ1) is 18.8. The van der Waals surface area contributed by atoms with Crippen molar-refractivity contribution in [2.75, 3.05) is 13.7 Å². The van der Waals surface area contributed by atoms with Gasteiger partial charge in [0.25, 0.3) is 0 Å². The van der Waals surface area contributed by atoms with Gasteiger partial charge >= 0.3 is 5.97 Å². The van der Waals surface area contributed by atoms with Crippen molar-refractivity contribution in [3.05, 3.63) is 88.7 Å². The molecular weight excluding hydrogens is 491 g/mol. The van der Waals surface area contributed by atoms with E-state index in [1.165, 1.54) is 22.8 Å². The SMILES string of the molecule is CCOC(=O)CC1CCc2ccc(OCc3ccc(-c4cc(OC)ccc4F)c(C4=CCCC4(C)C)c3)cc21. The zero-order valence-corrected chi connectivity index (χ0v) is 23.3. The molecule has 39 heavy (non-hydrogen) atoms. The number of methoxy groups -OCH3 is 1. The van der Waals surface area contributed by atoms with Crippen molar-refractivity contribution in [1.29, 1.82) is 0 Å². The molecular formula is C34H37FO4. The van der Waals surface area contributed by atoms with Gasteiger partial charge in [0.15, 0.2) is 0 Å². The van der Waals surface area contributed by atoms with Gasteiger partial charge in [0.05, 0.1) is 20.1 Å². The number of carbonyl (C=O) groups is 1. The molecule has 0 N–H and O–H groups in total. The predicted octanol–water partition coefficient (Wildman–Crippen LogP) is 8.27. The Kier molecular flexibility index (Phi) is 7.79. The number of rotatable bonds is 9. The Balaban J connectivity index is 1.42. The lowest BCUT2D eigenvalue weighted by atomic mass is 9.79. The molecule has 5 heteroatoms. The first kappa shape index (κ1) is 27.0. The first-order valence-electron chi connectivity index (χ1n) is 13.9. The van der Waals surface area contributed by atoms with Crippen LogP contribution in [0.3, 0.4) is 0 Å². The molecule has 3 aromatic carbocycles. The van der Waals surface area contributed by atoms with E-state index in [1.807, 2.05) is 25.1 Å². The van der Waals surface area contributed by atoms with Gasteiger partial charge in [-0.15, -0.1) is 0 Å². The standard InChI is InChI=1S/C34H37FO4/c1-5-38-33(36)18-24-10-9-23-11-12-26(20-28(23)24)39-21-22-8-14-27(30-19-25(37-4)13-15-32(30)35)29(17-22)31-7-6-16-34(31,2)3/h7-8,11-15,17,19-20,24H,5-6,9-10,16,18,21H2,1-4H3. The maximum Gasteiger partial charge on any atom is 0.306 e. The van der Waals surface area contributed by atoms with E-state index in [-0.39, 0.29) is 23.1 Å². The Morgan fingerprint density at radius 3 is 2.56 bits per heavy atom. The lowest BCUT2D eigenvalue weighted by molar-refractivity contribution is -0.143. The van der Waals surface area contributed by atoms with E-state index in [9.17, 15) is 4.79 Å². The summed E-state index contributed by atoms with van der Waals surface area (Å²) in [6.07, 6.45) is 6.67. The molecule has 1 unspecified atom stereocenters. The highest BCUT2D eigenvalue weighted by Crippen LogP contribution is 2.47. The molecule has 0 amide bonds. The minimum Gasteiger partial charge on any atom is -0.497 e. The third-order valence-corrected chi connectivity index (χ3v) is 8.13. The Morgan fingerprint density at radius 2 is 1.82 bits per heavy atom. The van der Waals surface area contributed by atoms with Crippen molar-refractivity contribution < 1.29 is 23.4 Å². The van der Waals surface area contributed by atoms with Crippen LogP contribution in [-0.2, 0) is 22.6 Å². The number of ether oxygens (including phenoxy) is 3.